The number of carboxylic acid groups (broad SMARTS) is 1. The number of sulfonamides is 1. The summed E-state index contributed by atoms with van der Waals surface area (Å²) in [6.45, 7) is 1.69. The van der Waals surface area contributed by atoms with Crippen molar-refractivity contribution in [2.75, 3.05) is 4.72 Å². The highest BCUT2D eigenvalue weighted by atomic mass is 32.2. The summed E-state index contributed by atoms with van der Waals surface area (Å²) in [6.07, 6.45) is 0. The number of nitrogens with zero attached hydrogens (tertiary/aromatic N) is 2. The van der Waals surface area contributed by atoms with Crippen LogP contribution in [0.5, 0.6) is 0 Å². The maximum atomic E-state index is 12.0. The van der Waals surface area contributed by atoms with Crippen LogP contribution < -0.4 is 4.72 Å². The van der Waals surface area contributed by atoms with Gasteiger partial charge in [0.05, 0.1) is 10.5 Å². The Morgan fingerprint density at radius 2 is 2.11 bits per heavy atom. The Kier molecular flexibility index (Phi) is 3.49. The lowest BCUT2D eigenvalue weighted by Gasteiger charge is -2.05. The maximum absolute atomic E-state index is 12.0. The summed E-state index contributed by atoms with van der Waals surface area (Å²) in [5.41, 5.74) is -0.101. The van der Waals surface area contributed by atoms with Crippen LogP contribution in [0.3, 0.4) is 0 Å². The molecule has 0 saturated heterocycles. The summed E-state index contributed by atoms with van der Waals surface area (Å²) >= 11 is 1.09. The van der Waals surface area contributed by atoms with E-state index in [1.807, 2.05) is 0 Å². The lowest BCUT2D eigenvalue weighted by Crippen LogP contribution is -2.13. The average Bonchev–Trinajstić information content (AvgIpc) is 2.74. The van der Waals surface area contributed by atoms with E-state index in [9.17, 15) is 13.2 Å². The van der Waals surface area contributed by atoms with Crippen LogP contribution in [-0.2, 0) is 10.0 Å². The quantitative estimate of drug-likeness (QED) is 0.881. The molecule has 0 unspecified atom stereocenters. The van der Waals surface area contributed by atoms with E-state index in [2.05, 4.69) is 14.9 Å². The molecule has 0 spiro atoms. The van der Waals surface area contributed by atoms with E-state index >= 15 is 0 Å². The molecular weight excluding hydrogens is 290 g/mol. The van der Waals surface area contributed by atoms with Crippen LogP contribution in [0.2, 0.25) is 0 Å². The number of carbonyl (C=O) groups is 1. The topological polar surface area (TPSA) is 109 Å². The molecule has 0 atom stereocenters. The number of anilines is 1. The Morgan fingerprint density at radius 3 is 2.68 bits per heavy atom. The first-order valence-electron chi connectivity index (χ1n) is 5.05. The number of hydrogen-bond acceptors (Lipinski definition) is 6. The Bertz CT molecular complexity index is 724. The number of aryl methyl sites for hydroxylation is 1. The second-order valence-corrected chi connectivity index (χ2v) is 6.43. The smallest absolute Gasteiger partial charge is 0.335 e. The third-order valence-corrected chi connectivity index (χ3v) is 4.36. The largest absolute Gasteiger partial charge is 0.478 e. The van der Waals surface area contributed by atoms with Gasteiger partial charge in [0.15, 0.2) is 0 Å². The van der Waals surface area contributed by atoms with Gasteiger partial charge in [-0.15, -0.1) is 10.2 Å². The number of rotatable bonds is 4. The molecule has 7 nitrogen and oxygen atoms in total. The highest BCUT2D eigenvalue weighted by Gasteiger charge is 2.17. The summed E-state index contributed by atoms with van der Waals surface area (Å²) in [5, 5.41) is 16.9. The summed E-state index contributed by atoms with van der Waals surface area (Å²) < 4.78 is 26.3. The summed E-state index contributed by atoms with van der Waals surface area (Å²) in [7, 11) is -3.86. The van der Waals surface area contributed by atoms with E-state index in [1.54, 1.807) is 6.92 Å². The Hall–Kier alpha value is -2.00. The number of nitrogens with one attached hydrogen (secondary N) is 1. The molecule has 0 aliphatic rings. The van der Waals surface area contributed by atoms with Crippen molar-refractivity contribution >= 4 is 32.5 Å². The number of aromatic nitrogens is 2. The van der Waals surface area contributed by atoms with Crippen molar-refractivity contribution in [3.05, 3.63) is 34.8 Å². The zero-order valence-corrected chi connectivity index (χ0v) is 11.3. The van der Waals surface area contributed by atoms with E-state index in [0.29, 0.717) is 5.01 Å². The first-order valence-corrected chi connectivity index (χ1v) is 7.35. The molecule has 100 valence electrons. The molecule has 0 saturated carbocycles. The molecular formula is C10H9N3O4S2. The molecule has 2 aromatic rings. The van der Waals surface area contributed by atoms with Gasteiger partial charge in [0, 0.05) is 0 Å². The van der Waals surface area contributed by atoms with Crippen molar-refractivity contribution in [2.24, 2.45) is 0 Å². The van der Waals surface area contributed by atoms with Crippen molar-refractivity contribution in [3.63, 3.8) is 0 Å². The number of hydrogen-bond donors (Lipinski definition) is 2. The van der Waals surface area contributed by atoms with Gasteiger partial charge in [-0.2, -0.15) is 0 Å². The second kappa shape index (κ2) is 4.94. The molecule has 0 fully saturated rings. The van der Waals surface area contributed by atoms with Gasteiger partial charge in [-0.1, -0.05) is 17.4 Å². The van der Waals surface area contributed by atoms with E-state index in [1.165, 1.54) is 18.2 Å². The van der Waals surface area contributed by atoms with Gasteiger partial charge >= 0.3 is 5.97 Å². The second-order valence-electron chi connectivity index (χ2n) is 3.56. The molecule has 1 heterocycles. The Labute approximate surface area is 113 Å². The molecule has 9 heteroatoms. The zero-order chi connectivity index (χ0) is 14.0. The third kappa shape index (κ3) is 3.06. The minimum absolute atomic E-state index is 0.101. The summed E-state index contributed by atoms with van der Waals surface area (Å²) in [5.74, 6) is -1.19. The number of carboxylic acids is 1. The lowest BCUT2D eigenvalue weighted by atomic mass is 10.2. The van der Waals surface area contributed by atoms with E-state index in [-0.39, 0.29) is 15.6 Å². The van der Waals surface area contributed by atoms with Gasteiger partial charge in [-0.25, -0.2) is 13.2 Å². The average molecular weight is 299 g/mol. The molecule has 0 amide bonds. The molecule has 0 aliphatic carbocycles. The summed E-state index contributed by atoms with van der Waals surface area (Å²) in [4.78, 5) is 10.7. The lowest BCUT2D eigenvalue weighted by molar-refractivity contribution is 0.0696. The summed E-state index contributed by atoms with van der Waals surface area (Å²) in [6, 6.07) is 5.07. The molecule has 1 aromatic carbocycles. The molecule has 2 N–H and O–H groups in total. The standard InChI is InChI=1S/C10H9N3O4S2/c1-6-11-12-10(18-6)13-19(16,17)8-4-2-3-7(5-8)9(14)15/h2-5H,1H3,(H,12,13)(H,14,15). The fraction of sp³-hybridized carbons (Fsp3) is 0.100. The van der Waals surface area contributed by atoms with Crippen LogP contribution in [0.4, 0.5) is 5.13 Å². The normalized spacial score (nSPS) is 11.2. The fourth-order valence-corrected chi connectivity index (χ4v) is 3.18. The van der Waals surface area contributed by atoms with Crippen LogP contribution in [0, 0.1) is 6.92 Å². The predicted molar refractivity (Wildman–Crippen MR) is 68.9 cm³/mol. The van der Waals surface area contributed by atoms with Crippen LogP contribution >= 0.6 is 11.3 Å². The van der Waals surface area contributed by atoms with E-state index in [4.69, 9.17) is 5.11 Å². The minimum Gasteiger partial charge on any atom is -0.478 e. The van der Waals surface area contributed by atoms with Crippen LogP contribution in [-0.4, -0.2) is 29.7 Å². The van der Waals surface area contributed by atoms with Gasteiger partial charge in [0.2, 0.25) is 5.13 Å². The van der Waals surface area contributed by atoms with Crippen LogP contribution in [0.25, 0.3) is 0 Å². The van der Waals surface area contributed by atoms with E-state index in [0.717, 1.165) is 17.4 Å². The SMILES string of the molecule is Cc1nnc(NS(=O)(=O)c2cccc(C(=O)O)c2)s1. The highest BCUT2D eigenvalue weighted by Crippen LogP contribution is 2.19. The van der Waals surface area contributed by atoms with Crippen molar-refractivity contribution in [1.29, 1.82) is 0 Å². The van der Waals surface area contributed by atoms with Crippen molar-refractivity contribution in [2.45, 2.75) is 11.8 Å². The molecule has 0 bridgehead atoms. The van der Waals surface area contributed by atoms with Crippen molar-refractivity contribution in [1.82, 2.24) is 10.2 Å². The fourth-order valence-electron chi connectivity index (χ4n) is 1.31. The first-order chi connectivity index (χ1) is 8.88. The molecule has 0 aliphatic heterocycles. The monoisotopic (exact) mass is 299 g/mol. The predicted octanol–water partition coefficient (Wildman–Crippen LogP) is 1.35. The highest BCUT2D eigenvalue weighted by molar-refractivity contribution is 7.93. The Morgan fingerprint density at radius 1 is 1.37 bits per heavy atom. The molecule has 1 aromatic heterocycles. The minimum atomic E-state index is -3.86. The first kappa shape index (κ1) is 13.4. The molecule has 19 heavy (non-hydrogen) atoms. The van der Waals surface area contributed by atoms with Gasteiger partial charge in [0.25, 0.3) is 10.0 Å². The Balaban J connectivity index is 2.34. The van der Waals surface area contributed by atoms with E-state index < -0.39 is 16.0 Å². The van der Waals surface area contributed by atoms with Crippen molar-refractivity contribution < 1.29 is 18.3 Å². The molecule has 2 rings (SSSR count). The van der Waals surface area contributed by atoms with Crippen molar-refractivity contribution in [3.8, 4) is 0 Å². The van der Waals surface area contributed by atoms with Crippen LogP contribution in [0.15, 0.2) is 29.2 Å². The zero-order valence-electron chi connectivity index (χ0n) is 9.69. The van der Waals surface area contributed by atoms with Crippen LogP contribution in [0.1, 0.15) is 15.4 Å². The number of benzene rings is 1. The third-order valence-electron chi connectivity index (χ3n) is 2.14. The molecule has 0 radical (unpaired) electrons. The van der Waals surface area contributed by atoms with Gasteiger partial charge in [0.1, 0.15) is 5.01 Å². The van der Waals surface area contributed by atoms with Gasteiger partial charge in [-0.05, 0) is 25.1 Å². The maximum Gasteiger partial charge on any atom is 0.335 e. The van der Waals surface area contributed by atoms with Gasteiger partial charge in [-0.3, -0.25) is 4.72 Å². The number of aromatic carboxylic acids is 1. The van der Waals surface area contributed by atoms with Gasteiger partial charge < -0.3 is 5.11 Å².